The number of anilines is 1. The Kier molecular flexibility index (Phi) is 2.89. The molecule has 0 aromatic heterocycles. The molecule has 0 atom stereocenters. The first-order valence-electron chi connectivity index (χ1n) is 4.91. The zero-order valence-corrected chi connectivity index (χ0v) is 10.2. The Morgan fingerprint density at radius 1 is 1.33 bits per heavy atom. The van der Waals surface area contributed by atoms with E-state index in [1.54, 1.807) is 4.90 Å². The molecule has 1 aliphatic rings. The molecule has 0 spiro atoms. The van der Waals surface area contributed by atoms with Gasteiger partial charge in [-0.25, -0.2) is 0 Å². The maximum atomic E-state index is 11.8. The van der Waals surface area contributed by atoms with Crippen molar-refractivity contribution in [2.75, 3.05) is 18.0 Å². The molecule has 1 aromatic carbocycles. The van der Waals surface area contributed by atoms with Crippen LogP contribution in [-0.4, -0.2) is 44.1 Å². The standard InChI is InChI=1S/C11H12N2OSe/c1-2-12-8-10(14)13(11(12)15)9-6-4-3-5-7-9/h3-7H,2,8H2,1H3. The number of benzene rings is 1. The molecule has 1 saturated heterocycles. The van der Waals surface area contributed by atoms with E-state index in [0.717, 1.165) is 16.9 Å². The fourth-order valence-electron chi connectivity index (χ4n) is 1.63. The summed E-state index contributed by atoms with van der Waals surface area (Å²) in [7, 11) is 0. The van der Waals surface area contributed by atoms with Crippen LogP contribution in [0.15, 0.2) is 30.3 Å². The van der Waals surface area contributed by atoms with E-state index >= 15 is 0 Å². The van der Waals surface area contributed by atoms with Crippen LogP contribution in [0.2, 0.25) is 0 Å². The molecule has 15 heavy (non-hydrogen) atoms. The van der Waals surface area contributed by atoms with Crippen LogP contribution < -0.4 is 4.90 Å². The Labute approximate surface area is 97.0 Å². The number of carbonyl (C=O) groups is 1. The van der Waals surface area contributed by atoms with E-state index < -0.39 is 0 Å². The van der Waals surface area contributed by atoms with Gasteiger partial charge < -0.3 is 0 Å². The first-order chi connectivity index (χ1) is 7.24. The molecule has 0 radical (unpaired) electrons. The molecule has 2 rings (SSSR count). The molecule has 1 aliphatic heterocycles. The van der Waals surface area contributed by atoms with Gasteiger partial charge >= 0.3 is 96.8 Å². The van der Waals surface area contributed by atoms with Crippen LogP contribution in [0.3, 0.4) is 0 Å². The topological polar surface area (TPSA) is 23.6 Å². The van der Waals surface area contributed by atoms with E-state index in [0.29, 0.717) is 6.54 Å². The van der Waals surface area contributed by atoms with Crippen molar-refractivity contribution >= 4 is 31.8 Å². The Bertz CT molecular complexity index is 391. The minimum absolute atomic E-state index is 0.122. The van der Waals surface area contributed by atoms with Gasteiger partial charge in [0.25, 0.3) is 0 Å². The summed E-state index contributed by atoms with van der Waals surface area (Å²) in [5, 5.41) is 0. The predicted octanol–water partition coefficient (Wildman–Crippen LogP) is 0.611. The van der Waals surface area contributed by atoms with Crippen LogP contribution in [0, 0.1) is 0 Å². The molecule has 1 aromatic rings. The van der Waals surface area contributed by atoms with Gasteiger partial charge in [-0.05, 0) is 0 Å². The molecule has 1 amide bonds. The average Bonchev–Trinajstić information content (AvgIpc) is 2.55. The molecule has 78 valence electrons. The first kappa shape index (κ1) is 10.4. The first-order valence-corrected chi connectivity index (χ1v) is 5.76. The van der Waals surface area contributed by atoms with E-state index in [4.69, 9.17) is 0 Å². The molecule has 0 aliphatic carbocycles. The molecule has 0 unspecified atom stereocenters. The third-order valence-electron chi connectivity index (χ3n) is 2.43. The Hall–Kier alpha value is -1.12. The number of nitrogens with zero attached hydrogens (tertiary/aromatic N) is 2. The summed E-state index contributed by atoms with van der Waals surface area (Å²) in [6.45, 7) is 3.35. The average molecular weight is 267 g/mol. The molecular weight excluding hydrogens is 255 g/mol. The molecule has 0 saturated carbocycles. The van der Waals surface area contributed by atoms with E-state index in [1.807, 2.05) is 42.2 Å². The van der Waals surface area contributed by atoms with Crippen LogP contribution in [-0.2, 0) is 4.79 Å². The summed E-state index contributed by atoms with van der Waals surface area (Å²) >= 11 is 2.97. The van der Waals surface area contributed by atoms with Crippen molar-refractivity contribution in [2.45, 2.75) is 6.92 Å². The summed E-state index contributed by atoms with van der Waals surface area (Å²) in [6.07, 6.45) is 0. The van der Waals surface area contributed by atoms with Gasteiger partial charge in [0, 0.05) is 0 Å². The molecule has 1 heterocycles. The Balaban J connectivity index is 2.31. The Morgan fingerprint density at radius 3 is 2.53 bits per heavy atom. The third kappa shape index (κ3) is 1.83. The van der Waals surface area contributed by atoms with Crippen LogP contribution in [0.5, 0.6) is 0 Å². The second kappa shape index (κ2) is 4.17. The second-order valence-corrected chi connectivity index (χ2v) is 4.13. The fourth-order valence-corrected chi connectivity index (χ4v) is 2.47. The number of rotatable bonds is 2. The molecule has 0 bridgehead atoms. The van der Waals surface area contributed by atoms with Gasteiger partial charge in [-0.3, -0.25) is 0 Å². The van der Waals surface area contributed by atoms with E-state index in [1.165, 1.54) is 0 Å². The second-order valence-electron chi connectivity index (χ2n) is 3.36. The number of hydrogen-bond donors (Lipinski definition) is 0. The molecule has 0 N–H and O–H groups in total. The van der Waals surface area contributed by atoms with Gasteiger partial charge in [0.05, 0.1) is 0 Å². The normalized spacial score (nSPS) is 16.3. The zero-order chi connectivity index (χ0) is 10.8. The number of hydrogen-bond acceptors (Lipinski definition) is 2. The third-order valence-corrected chi connectivity index (χ3v) is 3.36. The van der Waals surface area contributed by atoms with Crippen molar-refractivity contribution in [1.82, 2.24) is 4.90 Å². The number of carbonyl (C=O) groups excluding carboxylic acids is 1. The molecule has 3 nitrogen and oxygen atoms in total. The van der Waals surface area contributed by atoms with Gasteiger partial charge in [0.15, 0.2) is 0 Å². The summed E-state index contributed by atoms with van der Waals surface area (Å²) in [5.74, 6) is 0.122. The van der Waals surface area contributed by atoms with Crippen LogP contribution in [0.4, 0.5) is 5.69 Å². The van der Waals surface area contributed by atoms with Crippen molar-refractivity contribution < 1.29 is 4.79 Å². The minimum atomic E-state index is 0.122. The number of para-hydroxylation sites is 1. The van der Waals surface area contributed by atoms with Gasteiger partial charge in [0.2, 0.25) is 0 Å². The SMILES string of the molecule is CCN1CC(=O)N(c2ccccc2)C1=[Se]. The molecule has 4 heteroatoms. The maximum absolute atomic E-state index is 11.8. The quantitative estimate of drug-likeness (QED) is 0.733. The van der Waals surface area contributed by atoms with Crippen molar-refractivity contribution in [1.29, 1.82) is 0 Å². The van der Waals surface area contributed by atoms with Crippen LogP contribution in [0.25, 0.3) is 0 Å². The van der Waals surface area contributed by atoms with Crippen molar-refractivity contribution in [3.63, 3.8) is 0 Å². The Morgan fingerprint density at radius 2 is 2.00 bits per heavy atom. The summed E-state index contributed by atoms with van der Waals surface area (Å²) in [5.41, 5.74) is 0.923. The fraction of sp³-hybridized carbons (Fsp3) is 0.273. The van der Waals surface area contributed by atoms with E-state index in [-0.39, 0.29) is 5.91 Å². The summed E-state index contributed by atoms with van der Waals surface area (Å²) in [6, 6.07) is 9.69. The monoisotopic (exact) mass is 268 g/mol. The predicted molar refractivity (Wildman–Crippen MR) is 61.9 cm³/mol. The van der Waals surface area contributed by atoms with E-state index in [9.17, 15) is 4.79 Å². The van der Waals surface area contributed by atoms with Gasteiger partial charge in [-0.2, -0.15) is 0 Å². The van der Waals surface area contributed by atoms with Crippen molar-refractivity contribution in [3.8, 4) is 0 Å². The zero-order valence-electron chi connectivity index (χ0n) is 8.51. The van der Waals surface area contributed by atoms with Crippen molar-refractivity contribution in [2.24, 2.45) is 0 Å². The van der Waals surface area contributed by atoms with Crippen LogP contribution >= 0.6 is 0 Å². The summed E-state index contributed by atoms with van der Waals surface area (Å²) < 4.78 is 0.897. The molecular formula is C11H12N2OSe. The van der Waals surface area contributed by atoms with Gasteiger partial charge in [-0.1, -0.05) is 0 Å². The van der Waals surface area contributed by atoms with Gasteiger partial charge in [0.1, 0.15) is 0 Å². The number of likely N-dealkylation sites (N-methyl/N-ethyl adjacent to an activating group) is 1. The van der Waals surface area contributed by atoms with Gasteiger partial charge in [-0.15, -0.1) is 0 Å². The van der Waals surface area contributed by atoms with E-state index in [2.05, 4.69) is 15.6 Å². The number of amides is 1. The van der Waals surface area contributed by atoms with Crippen molar-refractivity contribution in [3.05, 3.63) is 30.3 Å². The summed E-state index contributed by atoms with van der Waals surface area (Å²) in [4.78, 5) is 15.5. The molecule has 1 fully saturated rings. The van der Waals surface area contributed by atoms with Crippen LogP contribution in [0.1, 0.15) is 6.92 Å².